The quantitative estimate of drug-likeness (QED) is 0.0214. The average molecular weight is 823 g/mol. The molecule has 9 nitrogen and oxygen atoms in total. The molecule has 57 heavy (non-hydrogen) atoms. The number of ether oxygens (including phenoxy) is 2. The van der Waals surface area contributed by atoms with Gasteiger partial charge in [0.05, 0.1) is 27.7 Å². The number of carbonyl (C=O) groups is 2. The third-order valence-corrected chi connectivity index (χ3v) is 10.3. The van der Waals surface area contributed by atoms with Crippen molar-refractivity contribution in [3.8, 4) is 0 Å². The molecule has 2 unspecified atom stereocenters. The summed E-state index contributed by atoms with van der Waals surface area (Å²) in [5, 5.41) is 0. The molecule has 0 saturated heterocycles. The lowest BCUT2D eigenvalue weighted by Crippen LogP contribution is -2.37. The van der Waals surface area contributed by atoms with E-state index in [0.717, 1.165) is 89.9 Å². The van der Waals surface area contributed by atoms with Gasteiger partial charge in [-0.3, -0.25) is 18.6 Å². The maximum absolute atomic E-state index is 12.7. The highest BCUT2D eigenvalue weighted by atomic mass is 31.2. The molecule has 0 aromatic heterocycles. The summed E-state index contributed by atoms with van der Waals surface area (Å²) in [6.45, 7) is 4.26. The molecule has 0 aliphatic heterocycles. The molecule has 10 heteroatoms. The number of hydrogen-bond donors (Lipinski definition) is 1. The molecular formula is C47H85NO8P+. The number of unbranched alkanes of at least 4 members (excludes halogenated alkanes) is 16. The standard InChI is InChI=1S/C47H84NO8P/c1-6-8-10-12-14-16-18-20-22-24-26-28-30-32-34-36-38-40-47(50)56-45(44-55-57(51,52)54-42-41-48(3,4)5)43-53-46(49)39-37-35-33-31-29-27-25-23-21-19-17-15-13-11-9-7-2/h8,10,14,16,20,22-23,25-26,28,45H,6-7,9,11-13,15,17-19,21,24,27,29-44H2,1-5H3/p+1/b10-8-,16-14-,22-20-,25-23-,28-26-. The van der Waals surface area contributed by atoms with Crippen molar-refractivity contribution in [3.63, 3.8) is 0 Å². The summed E-state index contributed by atoms with van der Waals surface area (Å²) >= 11 is 0. The normalized spacial score (nSPS) is 14.1. The van der Waals surface area contributed by atoms with Crippen LogP contribution in [-0.2, 0) is 32.7 Å². The second kappa shape index (κ2) is 39.2. The topological polar surface area (TPSA) is 108 Å². The smallest absolute Gasteiger partial charge is 0.462 e. The molecule has 0 heterocycles. The minimum Gasteiger partial charge on any atom is -0.462 e. The number of esters is 2. The van der Waals surface area contributed by atoms with Gasteiger partial charge in [-0.05, 0) is 77.0 Å². The SMILES string of the molecule is CC/C=C\C/C=C\C/C=C\C/C=C\CCCCCCC(=O)OC(COC(=O)CCCCCCC/C=C\CCCCCCCCC)COP(=O)(O)OCC[N+](C)(C)C. The number of carbonyl (C=O) groups excluding carboxylic acids is 2. The zero-order chi connectivity index (χ0) is 42.1. The Labute approximate surface area is 349 Å². The Balaban J connectivity index is 4.41. The van der Waals surface area contributed by atoms with Gasteiger partial charge in [-0.15, -0.1) is 0 Å². The maximum atomic E-state index is 12.7. The number of nitrogens with zero attached hydrogens (tertiary/aromatic N) is 1. The van der Waals surface area contributed by atoms with E-state index in [1.807, 2.05) is 21.1 Å². The van der Waals surface area contributed by atoms with Crippen LogP contribution in [0, 0.1) is 0 Å². The molecule has 0 rings (SSSR count). The molecule has 0 bridgehead atoms. The molecule has 0 radical (unpaired) electrons. The minimum atomic E-state index is -4.39. The Morgan fingerprint density at radius 1 is 0.561 bits per heavy atom. The molecular weight excluding hydrogens is 737 g/mol. The molecule has 0 spiro atoms. The van der Waals surface area contributed by atoms with Crippen LogP contribution in [-0.4, -0.2) is 74.9 Å². The highest BCUT2D eigenvalue weighted by Gasteiger charge is 2.27. The van der Waals surface area contributed by atoms with E-state index in [1.54, 1.807) is 0 Å². The second-order valence-corrected chi connectivity index (χ2v) is 17.5. The van der Waals surface area contributed by atoms with Gasteiger partial charge in [-0.1, -0.05) is 145 Å². The Hall–Kier alpha value is -2.29. The fourth-order valence-corrected chi connectivity index (χ4v) is 6.50. The van der Waals surface area contributed by atoms with Crippen LogP contribution >= 0.6 is 7.82 Å². The molecule has 0 aromatic carbocycles. The average Bonchev–Trinajstić information content (AvgIpc) is 3.16. The van der Waals surface area contributed by atoms with Crippen molar-refractivity contribution in [1.29, 1.82) is 0 Å². The Morgan fingerprint density at radius 2 is 1.00 bits per heavy atom. The summed E-state index contributed by atoms with van der Waals surface area (Å²) in [4.78, 5) is 35.4. The number of rotatable bonds is 40. The summed E-state index contributed by atoms with van der Waals surface area (Å²) in [5.74, 6) is -0.839. The highest BCUT2D eigenvalue weighted by Crippen LogP contribution is 2.43. The van der Waals surface area contributed by atoms with Gasteiger partial charge >= 0.3 is 19.8 Å². The Bertz CT molecular complexity index is 1160. The first kappa shape index (κ1) is 54.7. The predicted molar refractivity (Wildman–Crippen MR) is 238 cm³/mol. The van der Waals surface area contributed by atoms with E-state index in [0.29, 0.717) is 17.4 Å². The van der Waals surface area contributed by atoms with Crippen LogP contribution in [0.2, 0.25) is 0 Å². The van der Waals surface area contributed by atoms with E-state index in [9.17, 15) is 19.0 Å². The van der Waals surface area contributed by atoms with E-state index in [4.69, 9.17) is 18.5 Å². The Morgan fingerprint density at radius 3 is 1.51 bits per heavy atom. The van der Waals surface area contributed by atoms with Crippen molar-refractivity contribution in [1.82, 2.24) is 0 Å². The molecule has 0 amide bonds. The maximum Gasteiger partial charge on any atom is 0.472 e. The van der Waals surface area contributed by atoms with E-state index >= 15 is 0 Å². The van der Waals surface area contributed by atoms with Crippen LogP contribution in [0.5, 0.6) is 0 Å². The van der Waals surface area contributed by atoms with Gasteiger partial charge in [-0.25, -0.2) is 4.57 Å². The van der Waals surface area contributed by atoms with Crippen molar-refractivity contribution >= 4 is 19.8 Å². The number of likely N-dealkylation sites (N-methyl/N-ethyl adjacent to an activating group) is 1. The van der Waals surface area contributed by atoms with Crippen LogP contribution < -0.4 is 0 Å². The van der Waals surface area contributed by atoms with Crippen LogP contribution in [0.4, 0.5) is 0 Å². The first-order chi connectivity index (χ1) is 27.5. The molecule has 1 N–H and O–H groups in total. The van der Waals surface area contributed by atoms with Crippen LogP contribution in [0.1, 0.15) is 174 Å². The Kier molecular flexibility index (Phi) is 37.6. The zero-order valence-corrected chi connectivity index (χ0v) is 38.0. The first-order valence-electron chi connectivity index (χ1n) is 22.5. The van der Waals surface area contributed by atoms with Gasteiger partial charge in [0.1, 0.15) is 19.8 Å². The fraction of sp³-hybridized carbons (Fsp3) is 0.745. The third-order valence-electron chi connectivity index (χ3n) is 9.28. The van der Waals surface area contributed by atoms with E-state index in [1.165, 1.54) is 51.4 Å². The zero-order valence-electron chi connectivity index (χ0n) is 37.1. The summed E-state index contributed by atoms with van der Waals surface area (Å²) in [7, 11) is 1.45. The van der Waals surface area contributed by atoms with Crippen molar-refractivity contribution in [2.24, 2.45) is 0 Å². The molecule has 0 aromatic rings. The van der Waals surface area contributed by atoms with Gasteiger partial charge < -0.3 is 18.9 Å². The van der Waals surface area contributed by atoms with Crippen molar-refractivity contribution < 1.29 is 42.1 Å². The number of hydrogen-bond acceptors (Lipinski definition) is 7. The lowest BCUT2D eigenvalue weighted by atomic mass is 10.1. The summed E-state index contributed by atoms with van der Waals surface area (Å²) in [6.07, 6.45) is 46.9. The summed E-state index contributed by atoms with van der Waals surface area (Å²) in [5.41, 5.74) is 0. The summed E-state index contributed by atoms with van der Waals surface area (Å²) < 4.78 is 34.3. The molecule has 0 fully saturated rings. The van der Waals surface area contributed by atoms with Crippen LogP contribution in [0.3, 0.4) is 0 Å². The molecule has 0 aliphatic carbocycles. The largest absolute Gasteiger partial charge is 0.472 e. The molecule has 330 valence electrons. The van der Waals surface area contributed by atoms with Crippen LogP contribution in [0.25, 0.3) is 0 Å². The van der Waals surface area contributed by atoms with E-state index < -0.39 is 26.5 Å². The second-order valence-electron chi connectivity index (χ2n) is 16.0. The fourth-order valence-electron chi connectivity index (χ4n) is 5.76. The van der Waals surface area contributed by atoms with Crippen molar-refractivity contribution in [2.75, 3.05) is 47.5 Å². The van der Waals surface area contributed by atoms with Crippen molar-refractivity contribution in [3.05, 3.63) is 60.8 Å². The highest BCUT2D eigenvalue weighted by molar-refractivity contribution is 7.47. The van der Waals surface area contributed by atoms with Gasteiger partial charge in [0.15, 0.2) is 6.10 Å². The van der Waals surface area contributed by atoms with Gasteiger partial charge in [0.25, 0.3) is 0 Å². The molecule has 0 aliphatic rings. The third kappa shape index (κ3) is 43.1. The van der Waals surface area contributed by atoms with Gasteiger partial charge in [-0.2, -0.15) is 0 Å². The van der Waals surface area contributed by atoms with Crippen LogP contribution in [0.15, 0.2) is 60.8 Å². The first-order valence-corrected chi connectivity index (χ1v) is 24.0. The number of phosphoric acid groups is 1. The summed E-state index contributed by atoms with van der Waals surface area (Å²) in [6, 6.07) is 0. The van der Waals surface area contributed by atoms with Crippen molar-refractivity contribution in [2.45, 2.75) is 180 Å². The van der Waals surface area contributed by atoms with Gasteiger partial charge in [0, 0.05) is 12.8 Å². The van der Waals surface area contributed by atoms with Gasteiger partial charge in [0.2, 0.25) is 0 Å². The lowest BCUT2D eigenvalue weighted by Gasteiger charge is -2.24. The number of phosphoric ester groups is 1. The number of quaternary nitrogens is 1. The minimum absolute atomic E-state index is 0.0228. The monoisotopic (exact) mass is 823 g/mol. The molecule has 2 atom stereocenters. The predicted octanol–water partition coefficient (Wildman–Crippen LogP) is 12.9. The van der Waals surface area contributed by atoms with E-state index in [-0.39, 0.29) is 32.0 Å². The molecule has 0 saturated carbocycles. The van der Waals surface area contributed by atoms with E-state index in [2.05, 4.69) is 74.6 Å². The lowest BCUT2D eigenvalue weighted by molar-refractivity contribution is -0.870. The number of allylic oxidation sites excluding steroid dienone is 10.